The van der Waals surface area contributed by atoms with Gasteiger partial charge in [-0.25, -0.2) is 0 Å². The Morgan fingerprint density at radius 3 is 2.50 bits per heavy atom. The molecule has 2 aromatic rings. The molecule has 2 amide bonds. The van der Waals surface area contributed by atoms with E-state index < -0.39 is 12.1 Å². The Hall–Kier alpha value is -2.30. The second-order valence-electron chi connectivity index (χ2n) is 7.18. The van der Waals surface area contributed by atoms with Crippen LogP contribution in [0.2, 0.25) is 0 Å². The Morgan fingerprint density at radius 1 is 1.08 bits per heavy atom. The second-order valence-corrected chi connectivity index (χ2v) is 7.18. The fraction of sp³-hybridized carbons (Fsp3) is 0.474. The van der Waals surface area contributed by atoms with Gasteiger partial charge in [0.15, 0.2) is 0 Å². The van der Waals surface area contributed by atoms with Crippen LogP contribution in [0, 0.1) is 5.92 Å². The highest BCUT2D eigenvalue weighted by atomic mass is 16.2. The molecule has 1 aliphatic rings. The maximum absolute atomic E-state index is 12.6. The van der Waals surface area contributed by atoms with Gasteiger partial charge in [-0.1, -0.05) is 39.0 Å². The van der Waals surface area contributed by atoms with E-state index in [0.717, 1.165) is 16.5 Å². The molecule has 1 aromatic heterocycles. The number of para-hydroxylation sites is 1. The number of rotatable bonds is 4. The lowest BCUT2D eigenvalue weighted by Crippen LogP contribution is -2.63. The van der Waals surface area contributed by atoms with E-state index in [1.807, 2.05) is 40.0 Å². The minimum Gasteiger partial charge on any atom is -0.350 e. The Morgan fingerprint density at radius 2 is 1.79 bits per heavy atom. The van der Waals surface area contributed by atoms with Crippen LogP contribution in [0.3, 0.4) is 0 Å². The molecule has 0 spiro atoms. The summed E-state index contributed by atoms with van der Waals surface area (Å²) >= 11 is 0. The summed E-state index contributed by atoms with van der Waals surface area (Å²) < 4.78 is 2.06. The first-order valence-corrected chi connectivity index (χ1v) is 8.53. The Kier molecular flexibility index (Phi) is 4.35. The summed E-state index contributed by atoms with van der Waals surface area (Å²) in [5, 5.41) is 6.95. The van der Waals surface area contributed by atoms with Crippen molar-refractivity contribution in [3.05, 3.63) is 36.0 Å². The molecular weight excluding hydrogens is 302 g/mol. The summed E-state index contributed by atoms with van der Waals surface area (Å²) in [5.41, 5.74) is 2.20. The van der Waals surface area contributed by atoms with Crippen molar-refractivity contribution in [3.8, 4) is 0 Å². The molecule has 0 unspecified atom stereocenters. The van der Waals surface area contributed by atoms with Gasteiger partial charge in [0.25, 0.3) is 0 Å². The molecule has 3 rings (SSSR count). The van der Waals surface area contributed by atoms with Gasteiger partial charge in [-0.3, -0.25) is 9.59 Å². The van der Waals surface area contributed by atoms with Gasteiger partial charge in [-0.15, -0.1) is 0 Å². The van der Waals surface area contributed by atoms with E-state index in [4.69, 9.17) is 0 Å². The zero-order valence-corrected chi connectivity index (χ0v) is 14.7. The number of benzene rings is 1. The number of aromatic nitrogens is 1. The quantitative estimate of drug-likeness (QED) is 0.905. The number of hydrogen-bond donors (Lipinski definition) is 2. The maximum atomic E-state index is 12.6. The Balaban J connectivity index is 1.86. The van der Waals surface area contributed by atoms with Crippen molar-refractivity contribution in [2.75, 3.05) is 0 Å². The van der Waals surface area contributed by atoms with Gasteiger partial charge in [0, 0.05) is 30.1 Å². The van der Waals surface area contributed by atoms with E-state index in [1.54, 1.807) is 0 Å². The van der Waals surface area contributed by atoms with Crippen LogP contribution < -0.4 is 10.6 Å². The molecule has 1 aromatic carbocycles. The summed E-state index contributed by atoms with van der Waals surface area (Å²) in [6.45, 7) is 6.09. The van der Waals surface area contributed by atoms with Crippen LogP contribution in [0.1, 0.15) is 38.7 Å². The van der Waals surface area contributed by atoms with Crippen LogP contribution in [-0.4, -0.2) is 28.5 Å². The fourth-order valence-corrected chi connectivity index (χ4v) is 3.55. The Bertz CT molecular complexity index is 778. The van der Waals surface area contributed by atoms with Crippen LogP contribution in [-0.2, 0) is 16.6 Å². The van der Waals surface area contributed by atoms with Crippen molar-refractivity contribution in [1.82, 2.24) is 15.2 Å². The van der Waals surface area contributed by atoms with E-state index >= 15 is 0 Å². The third-order valence-electron chi connectivity index (χ3n) is 4.84. The van der Waals surface area contributed by atoms with Crippen LogP contribution in [0.25, 0.3) is 10.9 Å². The normalized spacial score (nSPS) is 22.5. The molecule has 5 heteroatoms. The lowest BCUT2D eigenvalue weighted by Gasteiger charge is -2.33. The zero-order valence-electron chi connectivity index (χ0n) is 14.7. The van der Waals surface area contributed by atoms with Gasteiger partial charge >= 0.3 is 0 Å². The summed E-state index contributed by atoms with van der Waals surface area (Å²) in [6, 6.07) is 7.16. The number of nitrogens with one attached hydrogen (secondary N) is 2. The lowest BCUT2D eigenvalue weighted by molar-refractivity contribution is -0.137. The number of piperazine rings is 1. The van der Waals surface area contributed by atoms with Crippen LogP contribution in [0.4, 0.5) is 0 Å². The smallest absolute Gasteiger partial charge is 0.243 e. The molecule has 3 atom stereocenters. The van der Waals surface area contributed by atoms with Gasteiger partial charge < -0.3 is 15.2 Å². The topological polar surface area (TPSA) is 63.1 Å². The number of fused-ring (bicyclic) bond motifs is 1. The van der Waals surface area contributed by atoms with E-state index in [0.29, 0.717) is 12.3 Å². The van der Waals surface area contributed by atoms with Crippen molar-refractivity contribution in [3.63, 3.8) is 0 Å². The third kappa shape index (κ3) is 2.90. The molecule has 1 saturated heterocycles. The predicted octanol–water partition coefficient (Wildman–Crippen LogP) is 2.31. The molecule has 0 radical (unpaired) electrons. The highest BCUT2D eigenvalue weighted by Crippen LogP contribution is 2.30. The van der Waals surface area contributed by atoms with Crippen molar-refractivity contribution >= 4 is 22.7 Å². The van der Waals surface area contributed by atoms with E-state index in [2.05, 4.69) is 33.5 Å². The van der Waals surface area contributed by atoms with E-state index in [-0.39, 0.29) is 17.7 Å². The number of nitrogens with zero attached hydrogens (tertiary/aromatic N) is 1. The van der Waals surface area contributed by atoms with E-state index in [1.165, 1.54) is 0 Å². The first kappa shape index (κ1) is 16.6. The highest BCUT2D eigenvalue weighted by Gasteiger charge is 2.37. The summed E-state index contributed by atoms with van der Waals surface area (Å²) in [7, 11) is 2.00. The van der Waals surface area contributed by atoms with Gasteiger partial charge in [-0.2, -0.15) is 0 Å². The second kappa shape index (κ2) is 6.30. The largest absolute Gasteiger partial charge is 0.350 e. The third-order valence-corrected chi connectivity index (χ3v) is 4.84. The first-order chi connectivity index (χ1) is 11.4. The SMILES string of the molecule is CC(C)C[C@H]1NC(=O)[C@@H]([C@H](C)c2cn(C)c3ccccc23)NC1=O. The molecule has 24 heavy (non-hydrogen) atoms. The minimum absolute atomic E-state index is 0.0830. The number of amides is 2. The van der Waals surface area contributed by atoms with E-state index in [9.17, 15) is 9.59 Å². The zero-order chi connectivity index (χ0) is 17.4. The monoisotopic (exact) mass is 327 g/mol. The summed E-state index contributed by atoms with van der Waals surface area (Å²) in [6.07, 6.45) is 2.71. The van der Waals surface area contributed by atoms with Gasteiger partial charge in [0.1, 0.15) is 12.1 Å². The molecular formula is C19H25N3O2. The van der Waals surface area contributed by atoms with Crippen molar-refractivity contribution in [1.29, 1.82) is 0 Å². The number of hydrogen-bond acceptors (Lipinski definition) is 2. The lowest BCUT2D eigenvalue weighted by atomic mass is 9.89. The predicted molar refractivity (Wildman–Crippen MR) is 94.7 cm³/mol. The molecule has 1 fully saturated rings. The number of carbonyl (C=O) groups is 2. The van der Waals surface area contributed by atoms with Gasteiger partial charge in [0.2, 0.25) is 11.8 Å². The molecule has 128 valence electrons. The maximum Gasteiger partial charge on any atom is 0.243 e. The molecule has 2 heterocycles. The molecule has 2 N–H and O–H groups in total. The molecule has 1 aliphatic heterocycles. The average Bonchev–Trinajstić information content (AvgIpc) is 2.87. The molecule has 0 bridgehead atoms. The standard InChI is InChI=1S/C19H25N3O2/c1-11(2)9-15-18(23)21-17(19(24)20-15)12(3)14-10-22(4)16-8-6-5-7-13(14)16/h5-8,10-12,15,17H,9H2,1-4H3,(H,20,24)(H,21,23)/t12-,15-,17-/m1/s1. The van der Waals surface area contributed by atoms with Crippen molar-refractivity contribution in [2.24, 2.45) is 13.0 Å². The summed E-state index contributed by atoms with van der Waals surface area (Å²) in [4.78, 5) is 24.9. The number of carbonyl (C=O) groups excluding carboxylic acids is 2. The molecule has 0 saturated carbocycles. The van der Waals surface area contributed by atoms with Gasteiger partial charge in [-0.05, 0) is 24.0 Å². The minimum atomic E-state index is -0.535. The van der Waals surface area contributed by atoms with Crippen LogP contribution >= 0.6 is 0 Å². The number of aryl methyl sites for hydroxylation is 1. The average molecular weight is 327 g/mol. The highest BCUT2D eigenvalue weighted by molar-refractivity contribution is 5.98. The fourth-order valence-electron chi connectivity index (χ4n) is 3.55. The first-order valence-electron chi connectivity index (χ1n) is 8.53. The van der Waals surface area contributed by atoms with Crippen molar-refractivity contribution < 1.29 is 9.59 Å². The summed E-state index contributed by atoms with van der Waals surface area (Å²) in [5.74, 6) is 0.0780. The van der Waals surface area contributed by atoms with Gasteiger partial charge in [0.05, 0.1) is 0 Å². The van der Waals surface area contributed by atoms with Crippen LogP contribution in [0.5, 0.6) is 0 Å². The molecule has 0 aliphatic carbocycles. The molecule has 5 nitrogen and oxygen atoms in total. The van der Waals surface area contributed by atoms with Crippen LogP contribution in [0.15, 0.2) is 30.5 Å². The van der Waals surface area contributed by atoms with Crippen molar-refractivity contribution in [2.45, 2.75) is 45.2 Å². The Labute approximate surface area is 142 Å².